The Morgan fingerprint density at radius 1 is 1.33 bits per heavy atom. The second kappa shape index (κ2) is 4.61. The number of aromatic nitrogens is 1. The Kier molecular flexibility index (Phi) is 2.96. The van der Waals surface area contributed by atoms with Gasteiger partial charge in [0.05, 0.1) is 5.56 Å². The van der Waals surface area contributed by atoms with Crippen molar-refractivity contribution in [3.05, 3.63) is 46.6 Å². The fourth-order valence-electron chi connectivity index (χ4n) is 2.32. The molecule has 0 spiro atoms. The topological polar surface area (TPSA) is 44.9 Å². The normalized spacial score (nSPS) is 15.4. The van der Waals surface area contributed by atoms with E-state index in [0.717, 1.165) is 28.2 Å². The molecular weight excluding hydrogens is 292 g/mol. The van der Waals surface area contributed by atoms with Gasteiger partial charge >= 0.3 is 0 Å². The maximum absolute atomic E-state index is 12.2. The highest BCUT2D eigenvalue weighted by atomic mass is 79.9. The lowest BCUT2D eigenvalue weighted by Crippen LogP contribution is -2.32. The van der Waals surface area contributed by atoms with E-state index in [-0.39, 0.29) is 11.9 Å². The molecule has 0 unspecified atom stereocenters. The number of rotatable bonds is 2. The number of amides is 1. The van der Waals surface area contributed by atoms with Crippen molar-refractivity contribution in [2.75, 3.05) is 0 Å². The minimum Gasteiger partial charge on any atom is -0.360 e. The number of carbonyl (C=O) groups is 1. The lowest BCUT2D eigenvalue weighted by atomic mass is 10.1. The first-order valence-corrected chi connectivity index (χ1v) is 6.76. The van der Waals surface area contributed by atoms with Gasteiger partial charge in [0, 0.05) is 27.6 Å². The summed E-state index contributed by atoms with van der Waals surface area (Å²) in [4.78, 5) is 15.4. The second-order valence-electron chi connectivity index (χ2n) is 4.48. The molecule has 92 valence electrons. The van der Waals surface area contributed by atoms with Gasteiger partial charge in [-0.15, -0.1) is 0 Å². The van der Waals surface area contributed by atoms with Crippen LogP contribution in [0, 0.1) is 0 Å². The molecule has 1 aliphatic carbocycles. The third kappa shape index (κ3) is 1.97. The van der Waals surface area contributed by atoms with Gasteiger partial charge in [-0.2, -0.15) is 0 Å². The third-order valence-corrected chi connectivity index (χ3v) is 3.90. The quantitative estimate of drug-likeness (QED) is 0.821. The van der Waals surface area contributed by atoms with Crippen molar-refractivity contribution in [3.8, 4) is 0 Å². The summed E-state index contributed by atoms with van der Waals surface area (Å²) in [5, 5.41) is 4.00. The molecule has 3 rings (SSSR count). The van der Waals surface area contributed by atoms with Gasteiger partial charge in [-0.3, -0.25) is 4.79 Å². The molecule has 0 radical (unpaired) electrons. The Morgan fingerprint density at radius 3 is 2.89 bits per heavy atom. The average molecular weight is 305 g/mol. The van der Waals surface area contributed by atoms with E-state index in [1.165, 1.54) is 0 Å². The summed E-state index contributed by atoms with van der Waals surface area (Å²) < 4.78 is 0.941. The summed E-state index contributed by atoms with van der Waals surface area (Å²) in [5.41, 5.74) is 1.67. The van der Waals surface area contributed by atoms with Crippen molar-refractivity contribution in [2.45, 2.75) is 18.9 Å². The van der Waals surface area contributed by atoms with Crippen LogP contribution in [0.25, 0.3) is 10.9 Å². The molecule has 0 aliphatic heterocycles. The average Bonchev–Trinajstić information content (AvgIpc) is 2.97. The largest absolute Gasteiger partial charge is 0.360 e. The van der Waals surface area contributed by atoms with Crippen molar-refractivity contribution in [3.63, 3.8) is 0 Å². The number of hydrogen-bond donors (Lipinski definition) is 2. The Bertz CT molecular complexity index is 622. The van der Waals surface area contributed by atoms with Crippen LogP contribution in [0.3, 0.4) is 0 Å². The zero-order valence-corrected chi connectivity index (χ0v) is 11.3. The Labute approximate surface area is 113 Å². The van der Waals surface area contributed by atoms with E-state index in [1.54, 1.807) is 6.20 Å². The lowest BCUT2D eigenvalue weighted by molar-refractivity contribution is 0.0940. The number of benzene rings is 1. The molecule has 0 bridgehead atoms. The van der Waals surface area contributed by atoms with Gasteiger partial charge in [-0.05, 0) is 25.0 Å². The predicted molar refractivity (Wildman–Crippen MR) is 75.6 cm³/mol. The molecule has 0 fully saturated rings. The van der Waals surface area contributed by atoms with Gasteiger partial charge in [0.15, 0.2) is 0 Å². The highest BCUT2D eigenvalue weighted by Gasteiger charge is 2.18. The smallest absolute Gasteiger partial charge is 0.253 e. The van der Waals surface area contributed by atoms with E-state index < -0.39 is 0 Å². The second-order valence-corrected chi connectivity index (χ2v) is 5.33. The highest BCUT2D eigenvalue weighted by molar-refractivity contribution is 9.10. The number of hydrogen-bond acceptors (Lipinski definition) is 1. The van der Waals surface area contributed by atoms with Crippen LogP contribution in [0.2, 0.25) is 0 Å². The standard InChI is InChI=1S/C14H13BrN2O/c15-11-6-3-7-12-13(11)10(8-16-12)14(18)17-9-4-1-2-5-9/h1-3,6-9,16H,4-5H2,(H,17,18). The Hall–Kier alpha value is -1.55. The fourth-order valence-corrected chi connectivity index (χ4v) is 2.90. The molecule has 4 heteroatoms. The van der Waals surface area contributed by atoms with E-state index in [2.05, 4.69) is 38.4 Å². The van der Waals surface area contributed by atoms with Crippen LogP contribution in [-0.2, 0) is 0 Å². The lowest BCUT2D eigenvalue weighted by Gasteiger charge is -2.11. The third-order valence-electron chi connectivity index (χ3n) is 3.24. The summed E-state index contributed by atoms with van der Waals surface area (Å²) in [7, 11) is 0. The summed E-state index contributed by atoms with van der Waals surface area (Å²) in [6.45, 7) is 0. The van der Waals surface area contributed by atoms with Gasteiger partial charge in [0.1, 0.15) is 0 Å². The van der Waals surface area contributed by atoms with Gasteiger partial charge in [0.2, 0.25) is 0 Å². The van der Waals surface area contributed by atoms with Crippen LogP contribution in [0.15, 0.2) is 41.0 Å². The van der Waals surface area contributed by atoms with E-state index in [1.807, 2.05) is 18.2 Å². The molecule has 0 saturated carbocycles. The Balaban J connectivity index is 1.91. The molecule has 2 N–H and O–H groups in total. The van der Waals surface area contributed by atoms with Crippen molar-refractivity contribution >= 4 is 32.7 Å². The molecule has 1 amide bonds. The van der Waals surface area contributed by atoms with E-state index in [0.29, 0.717) is 5.56 Å². The molecular formula is C14H13BrN2O. The minimum atomic E-state index is -0.0122. The van der Waals surface area contributed by atoms with Crippen molar-refractivity contribution < 1.29 is 4.79 Å². The van der Waals surface area contributed by atoms with Crippen LogP contribution in [-0.4, -0.2) is 16.9 Å². The molecule has 0 saturated heterocycles. The number of carbonyl (C=O) groups excluding carboxylic acids is 1. The van der Waals surface area contributed by atoms with E-state index in [9.17, 15) is 4.79 Å². The first kappa shape index (κ1) is 11.5. The molecule has 1 aromatic heterocycles. The fraction of sp³-hybridized carbons (Fsp3) is 0.214. The molecule has 2 aromatic rings. The SMILES string of the molecule is O=C(NC1CC=CC1)c1c[nH]c2cccc(Br)c12. The van der Waals surface area contributed by atoms with Gasteiger partial charge in [-0.25, -0.2) is 0 Å². The molecule has 1 aliphatic rings. The van der Waals surface area contributed by atoms with Crippen LogP contribution in [0.5, 0.6) is 0 Å². The molecule has 1 heterocycles. The highest BCUT2D eigenvalue weighted by Crippen LogP contribution is 2.27. The molecule has 18 heavy (non-hydrogen) atoms. The number of H-pyrrole nitrogens is 1. The van der Waals surface area contributed by atoms with Crippen molar-refractivity contribution in [2.24, 2.45) is 0 Å². The number of aromatic amines is 1. The van der Waals surface area contributed by atoms with Crippen LogP contribution in [0.1, 0.15) is 23.2 Å². The summed E-state index contributed by atoms with van der Waals surface area (Å²) in [6.07, 6.45) is 7.84. The molecule has 0 atom stereocenters. The van der Waals surface area contributed by atoms with Gasteiger partial charge in [-0.1, -0.05) is 34.1 Å². The summed E-state index contributed by atoms with van der Waals surface area (Å²) in [5.74, 6) is -0.0122. The minimum absolute atomic E-state index is 0.0122. The first-order chi connectivity index (χ1) is 8.75. The van der Waals surface area contributed by atoms with Crippen molar-refractivity contribution in [1.82, 2.24) is 10.3 Å². The molecule has 1 aromatic carbocycles. The zero-order valence-electron chi connectivity index (χ0n) is 9.74. The monoisotopic (exact) mass is 304 g/mol. The molecule has 3 nitrogen and oxygen atoms in total. The predicted octanol–water partition coefficient (Wildman–Crippen LogP) is 3.38. The Morgan fingerprint density at radius 2 is 2.11 bits per heavy atom. The van der Waals surface area contributed by atoms with Crippen molar-refractivity contribution in [1.29, 1.82) is 0 Å². The van der Waals surface area contributed by atoms with Crippen LogP contribution >= 0.6 is 15.9 Å². The van der Waals surface area contributed by atoms with Crippen LogP contribution < -0.4 is 5.32 Å². The van der Waals surface area contributed by atoms with E-state index in [4.69, 9.17) is 0 Å². The van der Waals surface area contributed by atoms with E-state index >= 15 is 0 Å². The summed E-state index contributed by atoms with van der Waals surface area (Å²) >= 11 is 3.50. The number of fused-ring (bicyclic) bond motifs is 1. The summed E-state index contributed by atoms with van der Waals surface area (Å²) in [6, 6.07) is 6.11. The van der Waals surface area contributed by atoms with Gasteiger partial charge in [0.25, 0.3) is 5.91 Å². The zero-order chi connectivity index (χ0) is 12.5. The van der Waals surface area contributed by atoms with Crippen LogP contribution in [0.4, 0.5) is 0 Å². The maximum Gasteiger partial charge on any atom is 0.253 e. The van der Waals surface area contributed by atoms with Gasteiger partial charge < -0.3 is 10.3 Å². The number of halogens is 1. The number of nitrogens with one attached hydrogen (secondary N) is 2. The maximum atomic E-state index is 12.2. The first-order valence-electron chi connectivity index (χ1n) is 5.97.